The summed E-state index contributed by atoms with van der Waals surface area (Å²) in [7, 11) is 5.69. The van der Waals surface area contributed by atoms with E-state index in [0.29, 0.717) is 50.8 Å². The second-order valence-corrected chi connectivity index (χ2v) is 17.5. The number of hydrogen-bond donors (Lipinski definition) is 4. The molecule has 3 aliphatic heterocycles. The minimum Gasteiger partial charge on any atom is -0.488 e. The number of nitrogens with zero attached hydrogens (tertiary/aromatic N) is 4. The number of carbonyl (C=O) groups is 4. The van der Waals surface area contributed by atoms with Crippen molar-refractivity contribution < 1.29 is 42.9 Å². The van der Waals surface area contributed by atoms with E-state index in [0.717, 1.165) is 61.9 Å². The van der Waals surface area contributed by atoms with Crippen molar-refractivity contribution in [3.05, 3.63) is 65.9 Å². The number of imidazole rings is 2. The number of ether oxygens (including phenoxy) is 5. The van der Waals surface area contributed by atoms with Crippen molar-refractivity contribution in [3.8, 4) is 28.1 Å². The molecule has 0 saturated carbocycles. The SMILES string of the molecule is CC[C@H](C)C(NC(=O)OC)C(=O)N1C[C@@H](C)C[C@H]1c1ncc(-c2ccc3c(c2)COc2cc4c(ccc5[nH]c([C@@H]6CC(COC)CN6C(=O)[C@@H](NC(=O)OC)[C@@H](C)OC)nc54)cc2-3)[nH]1. The molecule has 0 bridgehead atoms. The molecule has 3 aromatic carbocycles. The number of likely N-dealkylation sites (tertiary alicyclic amines) is 2. The zero-order valence-corrected chi connectivity index (χ0v) is 37.7. The third kappa shape index (κ3) is 8.45. The molecule has 340 valence electrons. The summed E-state index contributed by atoms with van der Waals surface area (Å²) in [6.07, 6.45) is 1.93. The molecule has 0 radical (unpaired) electrons. The zero-order chi connectivity index (χ0) is 45.4. The van der Waals surface area contributed by atoms with Gasteiger partial charge >= 0.3 is 12.2 Å². The second kappa shape index (κ2) is 18.5. The topological polar surface area (TPSA) is 202 Å². The van der Waals surface area contributed by atoms with Gasteiger partial charge in [0.05, 0.1) is 61.9 Å². The lowest BCUT2D eigenvalue weighted by Gasteiger charge is -2.30. The van der Waals surface area contributed by atoms with Crippen LogP contribution in [-0.2, 0) is 35.1 Å². The van der Waals surface area contributed by atoms with Crippen LogP contribution in [0, 0.1) is 17.8 Å². The maximum atomic E-state index is 14.1. The fourth-order valence-corrected chi connectivity index (χ4v) is 9.54. The van der Waals surface area contributed by atoms with Gasteiger partial charge in [0, 0.05) is 44.2 Å². The van der Waals surface area contributed by atoms with Crippen molar-refractivity contribution in [1.82, 2.24) is 40.4 Å². The van der Waals surface area contributed by atoms with Crippen LogP contribution in [-0.4, -0.2) is 120 Å². The van der Waals surface area contributed by atoms with Crippen LogP contribution in [0.25, 0.3) is 44.2 Å². The number of hydrogen-bond acceptors (Lipinski definition) is 11. The fourth-order valence-electron chi connectivity index (χ4n) is 9.54. The normalized spacial score (nSPS) is 21.1. The van der Waals surface area contributed by atoms with Gasteiger partial charge in [0.15, 0.2) is 0 Å². The van der Waals surface area contributed by atoms with E-state index in [1.54, 1.807) is 18.9 Å². The molecule has 4 amide bonds. The predicted molar refractivity (Wildman–Crippen MR) is 238 cm³/mol. The number of fused-ring (bicyclic) bond motifs is 6. The van der Waals surface area contributed by atoms with Crippen molar-refractivity contribution in [2.45, 2.75) is 83.8 Å². The van der Waals surface area contributed by atoms with Gasteiger partial charge in [-0.15, -0.1) is 0 Å². The van der Waals surface area contributed by atoms with Gasteiger partial charge in [0.2, 0.25) is 11.8 Å². The Hall–Kier alpha value is -6.20. The maximum absolute atomic E-state index is 14.1. The van der Waals surface area contributed by atoms with Crippen LogP contribution in [0.3, 0.4) is 0 Å². The molecule has 5 aromatic rings. The third-order valence-corrected chi connectivity index (χ3v) is 13.3. The number of alkyl carbamates (subject to hydrolysis) is 2. The van der Waals surface area contributed by atoms with Crippen LogP contribution in [0.5, 0.6) is 5.75 Å². The summed E-state index contributed by atoms with van der Waals surface area (Å²) in [5.41, 5.74) is 6.43. The highest BCUT2D eigenvalue weighted by Gasteiger charge is 2.43. The van der Waals surface area contributed by atoms with Gasteiger partial charge in [-0.2, -0.15) is 0 Å². The van der Waals surface area contributed by atoms with Gasteiger partial charge < -0.3 is 54.1 Å². The van der Waals surface area contributed by atoms with Crippen molar-refractivity contribution in [3.63, 3.8) is 0 Å². The van der Waals surface area contributed by atoms with E-state index in [-0.39, 0.29) is 35.6 Å². The Morgan fingerprint density at radius 1 is 0.859 bits per heavy atom. The summed E-state index contributed by atoms with van der Waals surface area (Å²) < 4.78 is 27.1. The van der Waals surface area contributed by atoms with E-state index in [2.05, 4.69) is 57.9 Å². The van der Waals surface area contributed by atoms with Crippen LogP contribution in [0.4, 0.5) is 9.59 Å². The molecule has 2 unspecified atom stereocenters. The summed E-state index contributed by atoms with van der Waals surface area (Å²) in [5, 5.41) is 7.33. The van der Waals surface area contributed by atoms with E-state index in [1.165, 1.54) is 21.3 Å². The number of rotatable bonds is 13. The minimum absolute atomic E-state index is 0.0552. The average Bonchev–Trinajstić information content (AvgIpc) is 4.14. The molecule has 2 saturated heterocycles. The number of aromatic amines is 2. The molecule has 5 heterocycles. The number of aromatic nitrogens is 4. The van der Waals surface area contributed by atoms with Gasteiger partial charge in [-0.25, -0.2) is 19.6 Å². The lowest BCUT2D eigenvalue weighted by atomic mass is 9.92. The molecule has 8 rings (SSSR count). The van der Waals surface area contributed by atoms with Crippen LogP contribution in [0.1, 0.15) is 76.3 Å². The highest BCUT2D eigenvalue weighted by Crippen LogP contribution is 2.44. The summed E-state index contributed by atoms with van der Waals surface area (Å²) >= 11 is 0. The smallest absolute Gasteiger partial charge is 0.407 e. The summed E-state index contributed by atoms with van der Waals surface area (Å²) in [6.45, 7) is 9.61. The average molecular weight is 879 g/mol. The Bertz CT molecular complexity index is 2560. The Morgan fingerprint density at radius 3 is 2.30 bits per heavy atom. The summed E-state index contributed by atoms with van der Waals surface area (Å²) in [6, 6.07) is 12.2. The molecule has 3 aliphatic rings. The Balaban J connectivity index is 1.05. The summed E-state index contributed by atoms with van der Waals surface area (Å²) in [5.74, 6) is 1.88. The maximum Gasteiger partial charge on any atom is 0.407 e. The lowest BCUT2D eigenvalue weighted by Crippen LogP contribution is -2.54. The van der Waals surface area contributed by atoms with Gasteiger partial charge in [-0.3, -0.25) is 9.59 Å². The lowest BCUT2D eigenvalue weighted by molar-refractivity contribution is -0.138. The molecule has 2 fully saturated rings. The number of nitrogens with one attached hydrogen (secondary N) is 4. The first-order valence-electron chi connectivity index (χ1n) is 21.9. The van der Waals surface area contributed by atoms with Crippen LogP contribution < -0.4 is 15.4 Å². The Kier molecular flexibility index (Phi) is 12.8. The molecule has 2 aromatic heterocycles. The summed E-state index contributed by atoms with van der Waals surface area (Å²) in [4.78, 5) is 73.1. The van der Waals surface area contributed by atoms with Gasteiger partial charge in [0.1, 0.15) is 36.1 Å². The molecular weight excluding hydrogens is 821 g/mol. The predicted octanol–water partition coefficient (Wildman–Crippen LogP) is 6.64. The number of H-pyrrole nitrogens is 2. The third-order valence-electron chi connectivity index (χ3n) is 13.3. The largest absolute Gasteiger partial charge is 0.488 e. The first-order valence-corrected chi connectivity index (χ1v) is 21.9. The molecule has 64 heavy (non-hydrogen) atoms. The molecule has 8 atom stereocenters. The van der Waals surface area contributed by atoms with E-state index >= 15 is 0 Å². The number of carbonyl (C=O) groups excluding carboxylic acids is 4. The van der Waals surface area contributed by atoms with E-state index < -0.39 is 36.4 Å². The van der Waals surface area contributed by atoms with Crippen molar-refractivity contribution in [2.75, 3.05) is 48.1 Å². The van der Waals surface area contributed by atoms with Gasteiger partial charge in [-0.05, 0) is 77.9 Å². The van der Waals surface area contributed by atoms with Crippen LogP contribution in [0.15, 0.2) is 48.7 Å². The number of benzene rings is 3. The molecule has 4 N–H and O–H groups in total. The molecule has 0 spiro atoms. The highest BCUT2D eigenvalue weighted by molar-refractivity contribution is 6.07. The van der Waals surface area contributed by atoms with Crippen LogP contribution >= 0.6 is 0 Å². The Labute approximate surface area is 371 Å². The Morgan fingerprint density at radius 2 is 1.58 bits per heavy atom. The quantitative estimate of drug-likeness (QED) is 0.0988. The minimum atomic E-state index is -0.971. The number of amides is 4. The second-order valence-electron chi connectivity index (χ2n) is 17.5. The monoisotopic (exact) mass is 878 g/mol. The first-order chi connectivity index (χ1) is 30.8. The molecule has 17 nitrogen and oxygen atoms in total. The number of methoxy groups -OCH3 is 4. The van der Waals surface area contributed by atoms with Crippen molar-refractivity contribution >= 4 is 45.8 Å². The molecular formula is C47H58N8O9. The van der Waals surface area contributed by atoms with Crippen molar-refractivity contribution in [1.29, 1.82) is 0 Å². The molecule has 17 heteroatoms. The van der Waals surface area contributed by atoms with Crippen LogP contribution in [0.2, 0.25) is 0 Å². The highest BCUT2D eigenvalue weighted by atomic mass is 16.5. The van der Waals surface area contributed by atoms with E-state index in [9.17, 15) is 19.2 Å². The standard InChI is InChI=1S/C47H58N8O9/c1-9-25(3)39(52-46(58)62-7)44(56)54-20-24(2)14-36(54)42-48-19-35(50-42)29-10-12-31-30(16-29)23-64-38-18-32-28(17-33(31)38)11-13-34-41(32)51-43(49-34)37-15-27(22-60-5)21-55(37)45(57)40(26(4)61-6)53-47(59)63-8/h10-13,16-19,24-27,36-37,39-40H,9,14-15,20-23H2,1-8H3,(H,48,50)(H,49,51)(H,52,58)(H,53,59)/t24-,25-,26+,27?,36-,37-,39?,40-/m0/s1. The van der Waals surface area contributed by atoms with Crippen molar-refractivity contribution in [2.24, 2.45) is 17.8 Å². The molecule has 0 aliphatic carbocycles. The first kappa shape index (κ1) is 44.4. The van der Waals surface area contributed by atoms with E-state index in [4.69, 9.17) is 33.7 Å². The fraction of sp³-hybridized carbons (Fsp3) is 0.489. The zero-order valence-electron chi connectivity index (χ0n) is 37.7. The van der Waals surface area contributed by atoms with E-state index in [1.807, 2.05) is 37.1 Å². The van der Waals surface area contributed by atoms with Gasteiger partial charge in [0.25, 0.3) is 0 Å². The van der Waals surface area contributed by atoms with Gasteiger partial charge in [-0.1, -0.05) is 45.4 Å².